The number of hydrogen-bond donors (Lipinski definition) is 0. The van der Waals surface area contributed by atoms with Crippen molar-refractivity contribution >= 4 is 5.91 Å². The average Bonchev–Trinajstić information content (AvgIpc) is 2.87. The molecular weight excluding hydrogens is 236 g/mol. The summed E-state index contributed by atoms with van der Waals surface area (Å²) in [6.07, 6.45) is 1.07. The van der Waals surface area contributed by atoms with E-state index in [4.69, 9.17) is 5.26 Å². The van der Waals surface area contributed by atoms with E-state index < -0.39 is 0 Å². The van der Waals surface area contributed by atoms with Gasteiger partial charge in [-0.15, -0.1) is 0 Å². The van der Waals surface area contributed by atoms with Crippen molar-refractivity contribution in [2.45, 2.75) is 27.2 Å². The van der Waals surface area contributed by atoms with Crippen LogP contribution in [-0.2, 0) is 0 Å². The maximum absolute atomic E-state index is 12.4. The minimum absolute atomic E-state index is 0.0799. The maximum Gasteiger partial charge on any atom is 0.253 e. The molecule has 3 heteroatoms. The number of carbonyl (C=O) groups excluding carboxylic acids is 1. The van der Waals surface area contributed by atoms with Crippen LogP contribution in [0.15, 0.2) is 24.3 Å². The summed E-state index contributed by atoms with van der Waals surface area (Å²) in [4.78, 5) is 14.3. The lowest BCUT2D eigenvalue weighted by Crippen LogP contribution is -2.31. The van der Waals surface area contributed by atoms with Gasteiger partial charge in [0.05, 0.1) is 11.6 Å². The Morgan fingerprint density at radius 3 is 2.42 bits per heavy atom. The van der Waals surface area contributed by atoms with Crippen molar-refractivity contribution in [3.8, 4) is 6.07 Å². The second-order valence-electron chi connectivity index (χ2n) is 6.29. The van der Waals surface area contributed by atoms with Gasteiger partial charge in [0, 0.05) is 18.7 Å². The molecule has 1 aliphatic rings. The lowest BCUT2D eigenvalue weighted by atomic mass is 9.80. The van der Waals surface area contributed by atoms with E-state index in [1.54, 1.807) is 24.3 Å². The van der Waals surface area contributed by atoms with Crippen molar-refractivity contribution in [1.82, 2.24) is 4.90 Å². The number of rotatable bonds is 1. The Kier molecular flexibility index (Phi) is 3.61. The van der Waals surface area contributed by atoms with Crippen molar-refractivity contribution in [3.63, 3.8) is 0 Å². The summed E-state index contributed by atoms with van der Waals surface area (Å²) < 4.78 is 0. The molecule has 0 aromatic heterocycles. The number of carbonyl (C=O) groups is 1. The molecule has 1 amide bonds. The van der Waals surface area contributed by atoms with Gasteiger partial charge in [-0.2, -0.15) is 5.26 Å². The van der Waals surface area contributed by atoms with E-state index in [0.717, 1.165) is 19.5 Å². The molecule has 2 rings (SSSR count). The van der Waals surface area contributed by atoms with Crippen molar-refractivity contribution in [2.24, 2.45) is 11.3 Å². The van der Waals surface area contributed by atoms with Gasteiger partial charge in [-0.1, -0.05) is 20.8 Å². The van der Waals surface area contributed by atoms with E-state index in [2.05, 4.69) is 26.8 Å². The van der Waals surface area contributed by atoms with Gasteiger partial charge >= 0.3 is 0 Å². The van der Waals surface area contributed by atoms with Crippen molar-refractivity contribution < 1.29 is 4.79 Å². The van der Waals surface area contributed by atoms with Crippen molar-refractivity contribution in [3.05, 3.63) is 35.4 Å². The third kappa shape index (κ3) is 2.96. The Bertz CT molecular complexity index is 505. The fourth-order valence-corrected chi connectivity index (χ4v) is 2.52. The van der Waals surface area contributed by atoms with Crippen LogP contribution in [0.1, 0.15) is 43.1 Å². The first-order valence-corrected chi connectivity index (χ1v) is 6.71. The largest absolute Gasteiger partial charge is 0.338 e. The van der Waals surface area contributed by atoms with Gasteiger partial charge in [-0.05, 0) is 42.0 Å². The molecule has 19 heavy (non-hydrogen) atoms. The molecule has 3 nitrogen and oxygen atoms in total. The zero-order valence-electron chi connectivity index (χ0n) is 11.8. The van der Waals surface area contributed by atoms with Crippen LogP contribution in [0.25, 0.3) is 0 Å². The quantitative estimate of drug-likeness (QED) is 0.775. The van der Waals surface area contributed by atoms with E-state index in [1.807, 2.05) is 4.90 Å². The third-order valence-electron chi connectivity index (χ3n) is 3.96. The van der Waals surface area contributed by atoms with E-state index in [-0.39, 0.29) is 11.3 Å². The number of amides is 1. The number of hydrogen-bond acceptors (Lipinski definition) is 2. The van der Waals surface area contributed by atoms with Crippen LogP contribution >= 0.6 is 0 Å². The van der Waals surface area contributed by atoms with Crippen LogP contribution in [0.3, 0.4) is 0 Å². The number of nitrogens with zero attached hydrogens (tertiary/aromatic N) is 2. The van der Waals surface area contributed by atoms with Crippen molar-refractivity contribution in [1.29, 1.82) is 5.26 Å². The van der Waals surface area contributed by atoms with Crippen LogP contribution < -0.4 is 0 Å². The lowest BCUT2D eigenvalue weighted by Gasteiger charge is -2.27. The van der Waals surface area contributed by atoms with Crippen LogP contribution in [0.2, 0.25) is 0 Å². The van der Waals surface area contributed by atoms with Gasteiger partial charge in [0.25, 0.3) is 5.91 Å². The molecule has 100 valence electrons. The molecule has 0 spiro atoms. The Balaban J connectivity index is 2.07. The first-order valence-electron chi connectivity index (χ1n) is 6.71. The Morgan fingerprint density at radius 2 is 1.95 bits per heavy atom. The maximum atomic E-state index is 12.4. The van der Waals surface area contributed by atoms with Gasteiger partial charge in [0.1, 0.15) is 0 Å². The zero-order chi connectivity index (χ0) is 14.0. The Hall–Kier alpha value is -1.82. The molecule has 1 atom stereocenters. The normalized spacial score (nSPS) is 19.3. The fraction of sp³-hybridized carbons (Fsp3) is 0.500. The van der Waals surface area contributed by atoms with E-state index >= 15 is 0 Å². The number of likely N-dealkylation sites (tertiary alicyclic amines) is 1. The van der Waals surface area contributed by atoms with Gasteiger partial charge in [-0.3, -0.25) is 4.79 Å². The lowest BCUT2D eigenvalue weighted by molar-refractivity contribution is 0.0776. The molecule has 1 saturated heterocycles. The highest BCUT2D eigenvalue weighted by molar-refractivity contribution is 5.94. The molecule has 0 aliphatic carbocycles. The second-order valence-corrected chi connectivity index (χ2v) is 6.29. The van der Waals surface area contributed by atoms with Crippen LogP contribution in [0, 0.1) is 22.7 Å². The highest BCUT2D eigenvalue weighted by Gasteiger charge is 2.33. The first kappa shape index (κ1) is 13.6. The third-order valence-corrected chi connectivity index (χ3v) is 3.96. The molecule has 1 heterocycles. The molecule has 1 aromatic carbocycles. The minimum atomic E-state index is 0.0799. The van der Waals surface area contributed by atoms with E-state index in [1.165, 1.54) is 0 Å². The molecule has 0 bridgehead atoms. The van der Waals surface area contributed by atoms with E-state index in [0.29, 0.717) is 17.0 Å². The predicted molar refractivity (Wildman–Crippen MR) is 74.6 cm³/mol. The fourth-order valence-electron chi connectivity index (χ4n) is 2.52. The number of nitriles is 1. The summed E-state index contributed by atoms with van der Waals surface area (Å²) in [6.45, 7) is 8.36. The summed E-state index contributed by atoms with van der Waals surface area (Å²) in [5.74, 6) is 0.645. The molecule has 1 fully saturated rings. The molecular formula is C16H20N2O. The van der Waals surface area contributed by atoms with Crippen LogP contribution in [-0.4, -0.2) is 23.9 Å². The molecule has 1 unspecified atom stereocenters. The molecule has 0 radical (unpaired) electrons. The summed E-state index contributed by atoms with van der Waals surface area (Å²) in [6, 6.07) is 8.95. The average molecular weight is 256 g/mol. The number of benzene rings is 1. The monoisotopic (exact) mass is 256 g/mol. The zero-order valence-corrected chi connectivity index (χ0v) is 11.8. The Morgan fingerprint density at radius 1 is 1.32 bits per heavy atom. The first-order chi connectivity index (χ1) is 8.91. The molecule has 1 aromatic rings. The van der Waals surface area contributed by atoms with Gasteiger partial charge < -0.3 is 4.90 Å². The van der Waals surface area contributed by atoms with Crippen LogP contribution in [0.4, 0.5) is 0 Å². The SMILES string of the molecule is CC(C)(C)C1CCN(C(=O)c2ccc(C#N)cc2)C1. The summed E-state index contributed by atoms with van der Waals surface area (Å²) >= 11 is 0. The van der Waals surface area contributed by atoms with Gasteiger partial charge in [0.2, 0.25) is 0 Å². The summed E-state index contributed by atoms with van der Waals surface area (Å²) in [7, 11) is 0. The molecule has 0 saturated carbocycles. The highest BCUT2D eigenvalue weighted by Crippen LogP contribution is 2.34. The predicted octanol–water partition coefficient (Wildman–Crippen LogP) is 3.07. The summed E-state index contributed by atoms with van der Waals surface area (Å²) in [5.41, 5.74) is 1.51. The van der Waals surface area contributed by atoms with Crippen LogP contribution in [0.5, 0.6) is 0 Å². The standard InChI is InChI=1S/C16H20N2O/c1-16(2,3)14-8-9-18(11-14)15(19)13-6-4-12(10-17)5-7-13/h4-7,14H,8-9,11H2,1-3H3. The van der Waals surface area contributed by atoms with Crippen molar-refractivity contribution in [2.75, 3.05) is 13.1 Å². The Labute approximate surface area is 114 Å². The summed E-state index contributed by atoms with van der Waals surface area (Å²) in [5, 5.41) is 8.76. The smallest absolute Gasteiger partial charge is 0.253 e. The second kappa shape index (κ2) is 5.05. The van der Waals surface area contributed by atoms with Gasteiger partial charge in [0.15, 0.2) is 0 Å². The van der Waals surface area contributed by atoms with E-state index in [9.17, 15) is 4.79 Å². The van der Waals surface area contributed by atoms with Gasteiger partial charge in [-0.25, -0.2) is 0 Å². The highest BCUT2D eigenvalue weighted by atomic mass is 16.2. The molecule has 1 aliphatic heterocycles. The molecule has 0 N–H and O–H groups in total. The topological polar surface area (TPSA) is 44.1 Å². The minimum Gasteiger partial charge on any atom is -0.338 e.